The third-order valence-electron chi connectivity index (χ3n) is 6.25. The number of aromatic nitrogens is 1. The standard InChI is InChI=1S/C32H23N5O4.2ClH.Fe/c1-22-21-27(37(40)41)19-20-28(22)35-32(24-11-6-3-7-12-24)30-14-8-13-29(34-30)31(23-9-4-2-5-10-23)33-25-15-17-26(18-16-25)36(38)39;;;/h2-21H,1H3;2*1H;/q;;;+2/p-2. The average molecular weight is 668 g/mol. The fourth-order valence-electron chi connectivity index (χ4n) is 4.21. The van der Waals surface area contributed by atoms with Crippen molar-refractivity contribution in [1.29, 1.82) is 0 Å². The zero-order valence-corrected chi connectivity index (χ0v) is 25.6. The van der Waals surface area contributed by atoms with E-state index in [2.05, 4.69) is 0 Å². The second kappa shape index (κ2) is 15.7. The van der Waals surface area contributed by atoms with Crippen LogP contribution in [0.3, 0.4) is 0 Å². The van der Waals surface area contributed by atoms with Gasteiger partial charge in [0.15, 0.2) is 0 Å². The summed E-state index contributed by atoms with van der Waals surface area (Å²) in [5, 5.41) is 22.4. The van der Waals surface area contributed by atoms with E-state index in [1.54, 1.807) is 25.1 Å². The van der Waals surface area contributed by atoms with E-state index in [-0.39, 0.29) is 24.5 Å². The van der Waals surface area contributed by atoms with Gasteiger partial charge >= 0.3 is 33.3 Å². The van der Waals surface area contributed by atoms with Crippen LogP contribution in [0.4, 0.5) is 22.7 Å². The Labute approximate surface area is 267 Å². The van der Waals surface area contributed by atoms with Crippen LogP contribution in [0.1, 0.15) is 28.1 Å². The van der Waals surface area contributed by atoms with Crippen LogP contribution in [0, 0.1) is 27.2 Å². The predicted molar refractivity (Wildman–Crippen MR) is 170 cm³/mol. The summed E-state index contributed by atoms with van der Waals surface area (Å²) in [5.74, 6) is 0. The number of aryl methyl sites for hydroxylation is 1. The summed E-state index contributed by atoms with van der Waals surface area (Å²) in [7, 11) is 9.53. The Morgan fingerprint density at radius 3 is 1.61 bits per heavy atom. The molecule has 0 unspecified atom stereocenters. The van der Waals surface area contributed by atoms with Gasteiger partial charge in [0.2, 0.25) is 0 Å². The Balaban J connectivity index is 0.00000141. The number of rotatable bonds is 8. The van der Waals surface area contributed by atoms with E-state index in [1.807, 2.05) is 78.9 Å². The zero-order chi connectivity index (χ0) is 31.5. The molecular weight excluding hydrogens is 645 g/mol. The van der Waals surface area contributed by atoms with Gasteiger partial charge in [-0.25, -0.2) is 15.0 Å². The molecule has 0 saturated carbocycles. The van der Waals surface area contributed by atoms with Crippen molar-refractivity contribution in [2.75, 3.05) is 0 Å². The van der Waals surface area contributed by atoms with Gasteiger partial charge in [-0.15, -0.1) is 0 Å². The van der Waals surface area contributed by atoms with Crippen molar-refractivity contribution in [2.24, 2.45) is 9.98 Å². The molecule has 0 aliphatic heterocycles. The van der Waals surface area contributed by atoms with E-state index in [4.69, 9.17) is 35.2 Å². The summed E-state index contributed by atoms with van der Waals surface area (Å²) >= 11 is 0.194. The van der Waals surface area contributed by atoms with Crippen molar-refractivity contribution in [2.45, 2.75) is 6.92 Å². The zero-order valence-electron chi connectivity index (χ0n) is 23.0. The minimum absolute atomic E-state index is 0.00204. The molecule has 0 radical (unpaired) electrons. The number of hydrogen-bond donors (Lipinski definition) is 0. The Bertz CT molecular complexity index is 1820. The number of aliphatic imine (C=N–C) groups is 2. The molecule has 5 aromatic rings. The van der Waals surface area contributed by atoms with Crippen molar-refractivity contribution >= 4 is 54.4 Å². The van der Waals surface area contributed by atoms with E-state index in [9.17, 15) is 20.2 Å². The molecule has 0 aliphatic rings. The molecule has 0 bridgehead atoms. The number of nitro benzene ring substituents is 2. The van der Waals surface area contributed by atoms with Crippen LogP contribution in [0.15, 0.2) is 131 Å². The number of pyridine rings is 1. The van der Waals surface area contributed by atoms with E-state index >= 15 is 0 Å². The van der Waals surface area contributed by atoms with E-state index < -0.39 is 9.85 Å². The third kappa shape index (κ3) is 8.43. The monoisotopic (exact) mass is 667 g/mol. The average Bonchev–Trinajstić information content (AvgIpc) is 3.04. The number of hydrogen-bond acceptors (Lipinski definition) is 7. The van der Waals surface area contributed by atoms with Gasteiger partial charge in [-0.2, -0.15) is 0 Å². The van der Waals surface area contributed by atoms with Crippen LogP contribution in [-0.4, -0.2) is 26.3 Å². The number of halogens is 2. The number of nitro groups is 2. The second-order valence-corrected chi connectivity index (χ2v) is 10.9. The van der Waals surface area contributed by atoms with Crippen LogP contribution in [0.5, 0.6) is 0 Å². The van der Waals surface area contributed by atoms with Gasteiger partial charge in [-0.05, 0) is 42.8 Å². The normalized spacial score (nSPS) is 11.4. The molecule has 12 heteroatoms. The Kier molecular flexibility index (Phi) is 11.5. The molecule has 222 valence electrons. The molecular formula is C32H23Cl2FeN5O4. The Morgan fingerprint density at radius 1 is 0.659 bits per heavy atom. The summed E-state index contributed by atoms with van der Waals surface area (Å²) in [4.78, 5) is 36.2. The van der Waals surface area contributed by atoms with Crippen molar-refractivity contribution < 1.29 is 23.0 Å². The Morgan fingerprint density at radius 2 is 1.14 bits per heavy atom. The predicted octanol–water partition coefficient (Wildman–Crippen LogP) is 8.92. The molecule has 0 fully saturated rings. The summed E-state index contributed by atoms with van der Waals surface area (Å²) in [6, 6.07) is 35.3. The van der Waals surface area contributed by atoms with Gasteiger partial charge < -0.3 is 0 Å². The number of benzene rings is 4. The SMILES string of the molecule is Cc1cc([N+](=O)[O-])ccc1N=C(c1ccccc1)c1cccc(C(=Nc2ccc([N+](=O)[O-])cc2)c2ccccc2)n1.[Cl][Fe][Cl]. The third-order valence-corrected chi connectivity index (χ3v) is 6.25. The van der Waals surface area contributed by atoms with Crippen LogP contribution in [0.2, 0.25) is 0 Å². The molecule has 0 amide bonds. The van der Waals surface area contributed by atoms with Crippen LogP contribution >= 0.6 is 20.2 Å². The number of non-ortho nitro benzene ring substituents is 2. The van der Waals surface area contributed by atoms with Gasteiger partial charge in [-0.1, -0.05) is 66.7 Å². The Hall–Kier alpha value is -4.73. The molecule has 4 aromatic carbocycles. The topological polar surface area (TPSA) is 124 Å². The molecule has 44 heavy (non-hydrogen) atoms. The van der Waals surface area contributed by atoms with E-state index in [0.717, 1.165) is 11.1 Å². The first-order valence-electron chi connectivity index (χ1n) is 12.9. The van der Waals surface area contributed by atoms with Gasteiger partial charge in [0, 0.05) is 35.4 Å². The van der Waals surface area contributed by atoms with Gasteiger partial charge in [0.25, 0.3) is 11.4 Å². The maximum atomic E-state index is 11.2. The molecule has 0 aliphatic carbocycles. The molecule has 1 aromatic heterocycles. The van der Waals surface area contributed by atoms with E-state index in [1.165, 1.54) is 24.3 Å². The van der Waals surface area contributed by atoms with Crippen LogP contribution < -0.4 is 0 Å². The number of nitrogens with zero attached hydrogens (tertiary/aromatic N) is 5. The molecule has 0 N–H and O–H groups in total. The summed E-state index contributed by atoms with van der Waals surface area (Å²) in [6.07, 6.45) is 0. The maximum absolute atomic E-state index is 11.2. The first-order chi connectivity index (χ1) is 21.3. The quantitative estimate of drug-likeness (QED) is 0.0707. The first-order valence-corrected chi connectivity index (χ1v) is 15.9. The molecule has 1 heterocycles. The van der Waals surface area contributed by atoms with Crippen LogP contribution in [-0.2, 0) is 13.1 Å². The first kappa shape index (κ1) is 32.2. The van der Waals surface area contributed by atoms with Crippen molar-refractivity contribution in [3.63, 3.8) is 0 Å². The molecule has 0 spiro atoms. The fourth-order valence-corrected chi connectivity index (χ4v) is 4.21. The van der Waals surface area contributed by atoms with Crippen LogP contribution in [0.25, 0.3) is 0 Å². The van der Waals surface area contributed by atoms with Gasteiger partial charge in [0.05, 0.1) is 44.0 Å². The van der Waals surface area contributed by atoms with Gasteiger partial charge in [-0.3, -0.25) is 20.2 Å². The van der Waals surface area contributed by atoms with Crippen molar-refractivity contribution in [3.8, 4) is 0 Å². The molecule has 0 atom stereocenters. The van der Waals surface area contributed by atoms with E-state index in [0.29, 0.717) is 39.7 Å². The second-order valence-electron chi connectivity index (χ2n) is 9.11. The molecule has 9 nitrogen and oxygen atoms in total. The van der Waals surface area contributed by atoms with Gasteiger partial charge in [0.1, 0.15) is 0 Å². The molecule has 5 rings (SSSR count). The molecule has 0 saturated heterocycles. The summed E-state index contributed by atoms with van der Waals surface area (Å²) < 4.78 is 0. The van der Waals surface area contributed by atoms with Crippen molar-refractivity contribution in [1.82, 2.24) is 4.98 Å². The van der Waals surface area contributed by atoms with Crippen molar-refractivity contribution in [3.05, 3.63) is 170 Å². The minimum atomic E-state index is -0.451. The summed E-state index contributed by atoms with van der Waals surface area (Å²) in [6.45, 7) is 1.78. The summed E-state index contributed by atoms with van der Waals surface area (Å²) in [5.41, 5.74) is 5.75. The fraction of sp³-hybridized carbons (Fsp3) is 0.0312.